The van der Waals surface area contributed by atoms with E-state index in [2.05, 4.69) is 14.7 Å². The third-order valence-electron chi connectivity index (χ3n) is 6.01. The van der Waals surface area contributed by atoms with E-state index in [1.807, 2.05) is 29.7 Å². The molecule has 1 aliphatic rings. The number of Topliss-reactive ketones (excluding diaryl/α,β-unsaturated/α-hetero) is 1. The molecular formula is C25H28N4O4. The fraction of sp³-hybridized carbons (Fsp3) is 0.400. The summed E-state index contributed by atoms with van der Waals surface area (Å²) in [5.74, 6) is 0.603. The molecule has 0 bridgehead atoms. The van der Waals surface area contributed by atoms with Crippen LogP contribution in [0.15, 0.2) is 36.5 Å². The second-order valence-corrected chi connectivity index (χ2v) is 8.23. The Kier molecular flexibility index (Phi) is 7.04. The van der Waals surface area contributed by atoms with Gasteiger partial charge in [0.15, 0.2) is 11.5 Å². The van der Waals surface area contributed by atoms with Crippen LogP contribution >= 0.6 is 0 Å². The summed E-state index contributed by atoms with van der Waals surface area (Å²) in [4.78, 5) is 23.6. The van der Waals surface area contributed by atoms with Gasteiger partial charge in [-0.15, -0.1) is 0 Å². The first-order valence-electron chi connectivity index (χ1n) is 11.1. The number of hydrogen-bond acceptors (Lipinski definition) is 6. The van der Waals surface area contributed by atoms with Gasteiger partial charge < -0.3 is 19.1 Å². The number of likely N-dealkylation sites (tertiary alicyclic amines) is 1. The monoisotopic (exact) mass is 448 g/mol. The van der Waals surface area contributed by atoms with Crippen molar-refractivity contribution in [2.24, 2.45) is 0 Å². The average molecular weight is 449 g/mol. The lowest BCUT2D eigenvalue weighted by atomic mass is 10.1. The number of ether oxygens (including phenoxy) is 2. The molecule has 2 aromatic heterocycles. The van der Waals surface area contributed by atoms with Crippen LogP contribution in [-0.4, -0.2) is 71.4 Å². The summed E-state index contributed by atoms with van der Waals surface area (Å²) in [7, 11) is 1.62. The van der Waals surface area contributed by atoms with Crippen molar-refractivity contribution in [1.29, 1.82) is 0 Å². The van der Waals surface area contributed by atoms with Crippen molar-refractivity contribution in [3.63, 3.8) is 0 Å². The fourth-order valence-corrected chi connectivity index (χ4v) is 4.29. The first-order chi connectivity index (χ1) is 16.0. The van der Waals surface area contributed by atoms with E-state index in [1.165, 1.54) is 0 Å². The molecule has 3 aromatic rings. The van der Waals surface area contributed by atoms with Crippen molar-refractivity contribution in [2.75, 3.05) is 40.0 Å². The number of aromatic nitrogens is 2. The Morgan fingerprint density at radius 2 is 1.97 bits per heavy atom. The molecule has 0 amide bonds. The average Bonchev–Trinajstić information content (AvgIpc) is 3.12. The Bertz CT molecular complexity index is 1170. The van der Waals surface area contributed by atoms with Crippen LogP contribution in [-0.2, 0) is 4.74 Å². The Balaban J connectivity index is 1.75. The van der Waals surface area contributed by atoms with Gasteiger partial charge in [-0.2, -0.15) is 0 Å². The standard InChI is InChI=1S/C25H28N4O4/c1-17-24(23(31)16-28-10-8-20(30)9-11-28)25-22(14-21(15-27-25)33-13-12-32-3)29(17)19-6-4-18(26-2)5-7-19/h4-7,14-15,20,30H,8-13,16H2,1,3H3. The third kappa shape index (κ3) is 4.91. The summed E-state index contributed by atoms with van der Waals surface area (Å²) in [5, 5.41) is 9.77. The zero-order valence-electron chi connectivity index (χ0n) is 19.0. The lowest BCUT2D eigenvalue weighted by Crippen LogP contribution is -2.39. The van der Waals surface area contributed by atoms with Crippen LogP contribution in [0.3, 0.4) is 0 Å². The maximum Gasteiger partial charge on any atom is 0.187 e. The van der Waals surface area contributed by atoms with Crippen LogP contribution in [0, 0.1) is 13.5 Å². The molecule has 172 valence electrons. The molecule has 0 spiro atoms. The van der Waals surface area contributed by atoms with Crippen LogP contribution in [0.4, 0.5) is 5.69 Å². The van der Waals surface area contributed by atoms with E-state index in [-0.39, 0.29) is 18.4 Å². The number of carbonyl (C=O) groups excluding carboxylic acids is 1. The Morgan fingerprint density at radius 3 is 2.64 bits per heavy atom. The number of carbonyl (C=O) groups is 1. The molecule has 0 unspecified atom stereocenters. The first kappa shape index (κ1) is 22.9. The van der Waals surface area contributed by atoms with Crippen molar-refractivity contribution in [3.05, 3.63) is 59.2 Å². The second-order valence-electron chi connectivity index (χ2n) is 8.23. The van der Waals surface area contributed by atoms with Crippen molar-refractivity contribution in [2.45, 2.75) is 25.9 Å². The highest BCUT2D eigenvalue weighted by molar-refractivity contribution is 6.09. The van der Waals surface area contributed by atoms with Gasteiger partial charge in [0, 0.05) is 37.6 Å². The summed E-state index contributed by atoms with van der Waals surface area (Å²) in [6.45, 7) is 11.7. The minimum Gasteiger partial charge on any atom is -0.489 e. The minimum absolute atomic E-state index is 0.00553. The van der Waals surface area contributed by atoms with Gasteiger partial charge in [0.2, 0.25) is 0 Å². The van der Waals surface area contributed by atoms with Crippen molar-refractivity contribution < 1.29 is 19.4 Å². The van der Waals surface area contributed by atoms with Crippen molar-refractivity contribution in [1.82, 2.24) is 14.5 Å². The van der Waals surface area contributed by atoms with Gasteiger partial charge in [-0.1, -0.05) is 12.1 Å². The molecule has 8 heteroatoms. The lowest BCUT2D eigenvalue weighted by Gasteiger charge is -2.28. The number of aliphatic hydroxyl groups is 1. The van der Waals surface area contributed by atoms with E-state index in [1.54, 1.807) is 25.4 Å². The molecule has 1 saturated heterocycles. The van der Waals surface area contributed by atoms with Gasteiger partial charge >= 0.3 is 0 Å². The van der Waals surface area contributed by atoms with Crippen molar-refractivity contribution >= 4 is 22.5 Å². The molecule has 0 atom stereocenters. The SMILES string of the molecule is [C-]#[N+]c1ccc(-n2c(C)c(C(=O)CN3CCC(O)CC3)c3ncc(OCCOC)cc32)cc1. The molecule has 3 heterocycles. The van der Waals surface area contributed by atoms with Gasteiger partial charge in [-0.3, -0.25) is 9.69 Å². The number of hydrogen-bond donors (Lipinski definition) is 1. The lowest BCUT2D eigenvalue weighted by molar-refractivity contribution is 0.0711. The summed E-state index contributed by atoms with van der Waals surface area (Å²) in [6.07, 6.45) is 2.72. The van der Waals surface area contributed by atoms with Gasteiger partial charge in [0.05, 0.1) is 48.6 Å². The molecular weight excluding hydrogens is 420 g/mol. The topological polar surface area (TPSA) is 81.2 Å². The zero-order chi connectivity index (χ0) is 23.4. The first-order valence-corrected chi connectivity index (χ1v) is 11.1. The van der Waals surface area contributed by atoms with Gasteiger partial charge in [0.25, 0.3) is 0 Å². The molecule has 1 aromatic carbocycles. The number of ketones is 1. The van der Waals surface area contributed by atoms with Gasteiger partial charge in [-0.25, -0.2) is 9.83 Å². The Morgan fingerprint density at radius 1 is 1.24 bits per heavy atom. The van der Waals surface area contributed by atoms with Crippen LogP contribution in [0.2, 0.25) is 0 Å². The predicted molar refractivity (Wildman–Crippen MR) is 125 cm³/mol. The highest BCUT2D eigenvalue weighted by Gasteiger charge is 2.26. The normalized spacial score (nSPS) is 15.0. The third-order valence-corrected chi connectivity index (χ3v) is 6.01. The summed E-state index contributed by atoms with van der Waals surface area (Å²) < 4.78 is 12.8. The van der Waals surface area contributed by atoms with E-state index in [4.69, 9.17) is 16.0 Å². The van der Waals surface area contributed by atoms with Gasteiger partial charge in [0.1, 0.15) is 12.4 Å². The van der Waals surface area contributed by atoms with Crippen LogP contribution in [0.25, 0.3) is 21.6 Å². The molecule has 1 aliphatic heterocycles. The van der Waals surface area contributed by atoms with Crippen LogP contribution < -0.4 is 4.74 Å². The highest BCUT2D eigenvalue weighted by atomic mass is 16.5. The van der Waals surface area contributed by atoms with E-state index < -0.39 is 0 Å². The summed E-state index contributed by atoms with van der Waals surface area (Å²) in [5.41, 5.74) is 4.19. The quantitative estimate of drug-likeness (QED) is 0.323. The number of pyridine rings is 1. The maximum atomic E-state index is 13.4. The van der Waals surface area contributed by atoms with E-state index >= 15 is 0 Å². The zero-order valence-corrected chi connectivity index (χ0v) is 19.0. The smallest absolute Gasteiger partial charge is 0.187 e. The molecule has 8 nitrogen and oxygen atoms in total. The van der Waals surface area contributed by atoms with Crippen LogP contribution in [0.1, 0.15) is 28.9 Å². The van der Waals surface area contributed by atoms with E-state index in [0.29, 0.717) is 61.7 Å². The number of fused-ring (bicyclic) bond motifs is 1. The van der Waals surface area contributed by atoms with Crippen LogP contribution in [0.5, 0.6) is 5.75 Å². The highest BCUT2D eigenvalue weighted by Crippen LogP contribution is 2.31. The molecule has 0 saturated carbocycles. The molecule has 1 fully saturated rings. The number of aliphatic hydroxyl groups excluding tert-OH is 1. The molecule has 1 N–H and O–H groups in total. The maximum absolute atomic E-state index is 13.4. The summed E-state index contributed by atoms with van der Waals surface area (Å²) in [6, 6.07) is 9.17. The van der Waals surface area contributed by atoms with E-state index in [0.717, 1.165) is 16.9 Å². The Hall–Kier alpha value is -3.25. The second kappa shape index (κ2) is 10.1. The predicted octanol–water partition coefficient (Wildman–Crippen LogP) is 3.55. The number of nitrogens with zero attached hydrogens (tertiary/aromatic N) is 4. The number of rotatable bonds is 8. The summed E-state index contributed by atoms with van der Waals surface area (Å²) >= 11 is 0. The number of methoxy groups -OCH3 is 1. The Labute approximate surface area is 193 Å². The number of benzene rings is 1. The number of piperidine rings is 1. The van der Waals surface area contributed by atoms with Crippen molar-refractivity contribution in [3.8, 4) is 11.4 Å². The van der Waals surface area contributed by atoms with Gasteiger partial charge in [-0.05, 0) is 31.9 Å². The minimum atomic E-state index is -0.281. The molecule has 33 heavy (non-hydrogen) atoms. The molecule has 0 aliphatic carbocycles. The molecule has 0 radical (unpaired) electrons. The molecule has 4 rings (SSSR count). The fourth-order valence-electron chi connectivity index (χ4n) is 4.29. The largest absolute Gasteiger partial charge is 0.489 e. The van der Waals surface area contributed by atoms with E-state index in [9.17, 15) is 9.90 Å².